The summed E-state index contributed by atoms with van der Waals surface area (Å²) in [4.78, 5) is 28.4. The van der Waals surface area contributed by atoms with Gasteiger partial charge in [-0.25, -0.2) is 4.79 Å². The number of aromatic nitrogens is 1. The summed E-state index contributed by atoms with van der Waals surface area (Å²) in [5.41, 5.74) is 2.53. The fourth-order valence-electron chi connectivity index (χ4n) is 2.70. The standard InChI is InChI=1S/C21H22N2O3/c1-13-9-11-14(12-10-13)19(24)18-17(23-20(25)26-21(2,3)4)15-7-5-6-8-16(15)22-18/h5-12,22H,1-4H3,(H,23,25). The second kappa shape index (κ2) is 6.67. The highest BCUT2D eigenvalue weighted by molar-refractivity contribution is 6.18. The molecule has 0 atom stereocenters. The summed E-state index contributed by atoms with van der Waals surface area (Å²) in [7, 11) is 0. The predicted octanol–water partition coefficient (Wildman–Crippen LogP) is 5.05. The highest BCUT2D eigenvalue weighted by Gasteiger charge is 2.23. The van der Waals surface area contributed by atoms with Gasteiger partial charge in [-0.3, -0.25) is 10.1 Å². The third kappa shape index (κ3) is 3.77. The molecule has 0 saturated heterocycles. The lowest BCUT2D eigenvalue weighted by molar-refractivity contribution is 0.0636. The van der Waals surface area contributed by atoms with Gasteiger partial charge in [0.25, 0.3) is 0 Å². The summed E-state index contributed by atoms with van der Waals surface area (Å²) in [5, 5.41) is 3.50. The number of rotatable bonds is 3. The van der Waals surface area contributed by atoms with Crippen LogP contribution in [0.3, 0.4) is 0 Å². The van der Waals surface area contributed by atoms with Crippen LogP contribution in [0.4, 0.5) is 10.5 Å². The van der Waals surface area contributed by atoms with E-state index in [1.165, 1.54) is 0 Å². The number of amides is 1. The Bertz CT molecular complexity index is 963. The molecule has 2 N–H and O–H groups in total. The molecule has 3 aromatic rings. The first kappa shape index (κ1) is 17.7. The van der Waals surface area contributed by atoms with Crippen LogP contribution in [0.25, 0.3) is 10.9 Å². The molecule has 5 nitrogen and oxygen atoms in total. The summed E-state index contributed by atoms with van der Waals surface area (Å²) in [6.07, 6.45) is -0.597. The Hall–Kier alpha value is -3.08. The van der Waals surface area contributed by atoms with Gasteiger partial charge in [0.2, 0.25) is 5.78 Å². The second-order valence-corrected chi connectivity index (χ2v) is 7.24. The lowest BCUT2D eigenvalue weighted by atomic mass is 10.1. The van der Waals surface area contributed by atoms with E-state index in [0.717, 1.165) is 16.5 Å². The number of nitrogens with one attached hydrogen (secondary N) is 2. The largest absolute Gasteiger partial charge is 0.444 e. The molecular formula is C21H22N2O3. The monoisotopic (exact) mass is 350 g/mol. The maximum Gasteiger partial charge on any atom is 0.412 e. The molecule has 1 heterocycles. The number of hydrogen-bond acceptors (Lipinski definition) is 3. The topological polar surface area (TPSA) is 71.2 Å². The van der Waals surface area contributed by atoms with Gasteiger partial charge < -0.3 is 9.72 Å². The van der Waals surface area contributed by atoms with Crippen molar-refractivity contribution in [1.82, 2.24) is 4.98 Å². The minimum atomic E-state index is -0.628. The van der Waals surface area contributed by atoms with Crippen LogP contribution in [0.15, 0.2) is 48.5 Å². The lowest BCUT2D eigenvalue weighted by Gasteiger charge is -2.19. The molecule has 0 aliphatic heterocycles. The molecule has 0 aliphatic carbocycles. The number of hydrogen-bond donors (Lipinski definition) is 2. The number of carbonyl (C=O) groups excluding carboxylic acids is 2. The van der Waals surface area contributed by atoms with Crippen LogP contribution in [-0.2, 0) is 4.74 Å². The molecule has 0 bridgehead atoms. The Labute approximate surface area is 152 Å². The Balaban J connectivity index is 2.03. The zero-order chi connectivity index (χ0) is 18.9. The van der Waals surface area contributed by atoms with Gasteiger partial charge in [-0.05, 0) is 33.8 Å². The van der Waals surface area contributed by atoms with E-state index in [9.17, 15) is 9.59 Å². The van der Waals surface area contributed by atoms with Gasteiger partial charge in [-0.15, -0.1) is 0 Å². The van der Waals surface area contributed by atoms with Gasteiger partial charge in [0.1, 0.15) is 11.3 Å². The van der Waals surface area contributed by atoms with E-state index in [-0.39, 0.29) is 5.78 Å². The first-order chi connectivity index (χ1) is 12.2. The van der Waals surface area contributed by atoms with Crippen LogP contribution in [0.5, 0.6) is 0 Å². The summed E-state index contributed by atoms with van der Waals surface area (Å²) in [6.45, 7) is 7.34. The maximum absolute atomic E-state index is 13.0. The number of anilines is 1. The van der Waals surface area contributed by atoms with Crippen molar-refractivity contribution in [3.05, 3.63) is 65.4 Å². The average Bonchev–Trinajstić information content (AvgIpc) is 2.92. The zero-order valence-electron chi connectivity index (χ0n) is 15.3. The maximum atomic E-state index is 13.0. The Morgan fingerprint density at radius 3 is 2.31 bits per heavy atom. The van der Waals surface area contributed by atoms with Crippen molar-refractivity contribution in [2.45, 2.75) is 33.3 Å². The molecule has 0 spiro atoms. The number of carbonyl (C=O) groups is 2. The Morgan fingerprint density at radius 2 is 1.65 bits per heavy atom. The molecule has 1 aromatic heterocycles. The van der Waals surface area contributed by atoms with Gasteiger partial charge in [-0.1, -0.05) is 48.0 Å². The van der Waals surface area contributed by atoms with E-state index in [1.807, 2.05) is 43.3 Å². The number of para-hydroxylation sites is 1. The van der Waals surface area contributed by atoms with E-state index in [4.69, 9.17) is 4.74 Å². The van der Waals surface area contributed by atoms with E-state index < -0.39 is 11.7 Å². The van der Waals surface area contributed by atoms with Crippen molar-refractivity contribution in [3.8, 4) is 0 Å². The summed E-state index contributed by atoms with van der Waals surface area (Å²) in [6, 6.07) is 14.8. The Kier molecular flexibility index (Phi) is 4.55. The Morgan fingerprint density at radius 1 is 1.00 bits per heavy atom. The molecule has 0 saturated carbocycles. The molecule has 0 unspecified atom stereocenters. The van der Waals surface area contributed by atoms with Crippen molar-refractivity contribution in [1.29, 1.82) is 0 Å². The van der Waals surface area contributed by atoms with Crippen molar-refractivity contribution in [2.75, 3.05) is 5.32 Å². The van der Waals surface area contributed by atoms with E-state index in [2.05, 4.69) is 10.3 Å². The lowest BCUT2D eigenvalue weighted by Crippen LogP contribution is -2.27. The second-order valence-electron chi connectivity index (χ2n) is 7.24. The van der Waals surface area contributed by atoms with Crippen LogP contribution >= 0.6 is 0 Å². The number of ketones is 1. The predicted molar refractivity (Wildman–Crippen MR) is 103 cm³/mol. The van der Waals surface area contributed by atoms with E-state index >= 15 is 0 Å². The number of aromatic amines is 1. The number of aryl methyl sites for hydroxylation is 1. The van der Waals surface area contributed by atoms with Crippen LogP contribution in [0.1, 0.15) is 42.4 Å². The highest BCUT2D eigenvalue weighted by atomic mass is 16.6. The third-order valence-electron chi connectivity index (χ3n) is 3.87. The molecule has 3 rings (SSSR count). The summed E-state index contributed by atoms with van der Waals surface area (Å²) >= 11 is 0. The molecule has 0 aliphatic rings. The number of H-pyrrole nitrogens is 1. The van der Waals surface area contributed by atoms with Crippen molar-refractivity contribution >= 4 is 28.5 Å². The normalized spacial score (nSPS) is 11.4. The molecule has 1 amide bonds. The number of fused-ring (bicyclic) bond motifs is 1. The first-order valence-electron chi connectivity index (χ1n) is 8.47. The minimum Gasteiger partial charge on any atom is -0.444 e. The summed E-state index contributed by atoms with van der Waals surface area (Å²) in [5.74, 6) is -0.188. The van der Waals surface area contributed by atoms with E-state index in [0.29, 0.717) is 16.9 Å². The molecule has 2 aromatic carbocycles. The molecular weight excluding hydrogens is 328 g/mol. The van der Waals surface area contributed by atoms with Crippen molar-refractivity contribution in [2.24, 2.45) is 0 Å². The zero-order valence-corrected chi connectivity index (χ0v) is 15.3. The average molecular weight is 350 g/mol. The van der Waals surface area contributed by atoms with Gasteiger partial charge in [0.15, 0.2) is 0 Å². The molecule has 26 heavy (non-hydrogen) atoms. The van der Waals surface area contributed by atoms with Crippen LogP contribution in [0, 0.1) is 6.92 Å². The van der Waals surface area contributed by atoms with Crippen LogP contribution < -0.4 is 5.32 Å². The molecule has 134 valence electrons. The highest BCUT2D eigenvalue weighted by Crippen LogP contribution is 2.30. The minimum absolute atomic E-state index is 0.188. The van der Waals surface area contributed by atoms with Gasteiger partial charge in [0, 0.05) is 16.5 Å². The molecule has 0 fully saturated rings. The molecule has 5 heteroatoms. The molecule has 0 radical (unpaired) electrons. The smallest absolute Gasteiger partial charge is 0.412 e. The third-order valence-corrected chi connectivity index (χ3v) is 3.87. The van der Waals surface area contributed by atoms with Gasteiger partial charge >= 0.3 is 6.09 Å². The summed E-state index contributed by atoms with van der Waals surface area (Å²) < 4.78 is 5.34. The van der Waals surface area contributed by atoms with Crippen LogP contribution in [0.2, 0.25) is 0 Å². The van der Waals surface area contributed by atoms with Crippen molar-refractivity contribution in [3.63, 3.8) is 0 Å². The first-order valence-corrected chi connectivity index (χ1v) is 8.47. The SMILES string of the molecule is Cc1ccc(C(=O)c2[nH]c3ccccc3c2NC(=O)OC(C)(C)C)cc1. The fraction of sp³-hybridized carbons (Fsp3) is 0.238. The number of benzene rings is 2. The quantitative estimate of drug-likeness (QED) is 0.649. The fourth-order valence-corrected chi connectivity index (χ4v) is 2.70. The van der Waals surface area contributed by atoms with Crippen LogP contribution in [-0.4, -0.2) is 22.5 Å². The van der Waals surface area contributed by atoms with Gasteiger partial charge in [-0.2, -0.15) is 0 Å². The van der Waals surface area contributed by atoms with Crippen molar-refractivity contribution < 1.29 is 14.3 Å². The van der Waals surface area contributed by atoms with E-state index in [1.54, 1.807) is 32.9 Å². The number of ether oxygens (including phenoxy) is 1. The van der Waals surface area contributed by atoms with Gasteiger partial charge in [0.05, 0.1) is 5.69 Å².